The SMILES string of the molecule is C[Si](C)=[Zr+2].Cc1cc2c(-c3ccc(C)c(C)c3C)ccc(C)c2[cH-]1.Cc1ccc(-c2cccc3[cH-]c(C(C)C)cc23)c(C)c1C.[Cl-].[Cl-]. The first-order chi connectivity index (χ1) is 21.2. The van der Waals surface area contributed by atoms with Crippen molar-refractivity contribution < 1.29 is 48.1 Å². The summed E-state index contributed by atoms with van der Waals surface area (Å²) in [5, 5.41) is 5.51. The van der Waals surface area contributed by atoms with Crippen LogP contribution in [0.15, 0.2) is 78.9 Å². The number of aryl methyl sites for hydroxylation is 4. The van der Waals surface area contributed by atoms with Crippen LogP contribution in [0.25, 0.3) is 43.8 Å². The predicted molar refractivity (Wildman–Crippen MR) is 199 cm³/mol. The summed E-state index contributed by atoms with van der Waals surface area (Å²) in [7, 11) is 0. The van der Waals surface area contributed by atoms with Crippen molar-refractivity contribution in [1.29, 1.82) is 0 Å². The van der Waals surface area contributed by atoms with Gasteiger partial charge in [0, 0.05) is 0 Å². The number of rotatable bonds is 3. The molecule has 0 unspecified atom stereocenters. The zero-order valence-corrected chi connectivity index (χ0v) is 35.3. The molecule has 0 bridgehead atoms. The van der Waals surface area contributed by atoms with Gasteiger partial charge in [-0.3, -0.25) is 0 Å². The number of benzene rings is 4. The molecule has 0 aromatic heterocycles. The van der Waals surface area contributed by atoms with E-state index in [4.69, 9.17) is 0 Å². The minimum Gasteiger partial charge on any atom is -1.00 e. The van der Waals surface area contributed by atoms with Gasteiger partial charge in [-0.1, -0.05) is 75.2 Å². The number of fused-ring (bicyclic) bond motifs is 2. The summed E-state index contributed by atoms with van der Waals surface area (Å²) in [5.74, 6) is 0.575. The molecule has 0 saturated heterocycles. The van der Waals surface area contributed by atoms with Crippen molar-refractivity contribution >= 4 is 27.0 Å². The first-order valence-electron chi connectivity index (χ1n) is 16.2. The summed E-state index contributed by atoms with van der Waals surface area (Å²) >= 11 is 1.74. The average molecular weight is 757 g/mol. The first kappa shape index (κ1) is 41.0. The van der Waals surface area contributed by atoms with Crippen LogP contribution in [0.1, 0.15) is 69.8 Å². The molecule has 0 N–H and O–H groups in total. The zero-order chi connectivity index (χ0) is 33.2. The quantitative estimate of drug-likeness (QED) is 0.137. The summed E-state index contributed by atoms with van der Waals surface area (Å²) < 4.78 is 0. The maximum absolute atomic E-state index is 2.37. The normalized spacial score (nSPS) is 10.5. The van der Waals surface area contributed by atoms with E-state index in [0.29, 0.717) is 5.92 Å². The summed E-state index contributed by atoms with van der Waals surface area (Å²) in [6, 6.07) is 29.5. The van der Waals surface area contributed by atoms with Gasteiger partial charge in [-0.05, 0) is 92.0 Å². The van der Waals surface area contributed by atoms with Crippen LogP contribution in [0, 0.1) is 55.4 Å². The van der Waals surface area contributed by atoms with Crippen LogP contribution in [0.5, 0.6) is 0 Å². The Morgan fingerprint density at radius 3 is 1.53 bits per heavy atom. The maximum atomic E-state index is 2.37. The van der Waals surface area contributed by atoms with Crippen LogP contribution in [-0.4, -0.2) is 5.43 Å². The van der Waals surface area contributed by atoms with E-state index in [-0.39, 0.29) is 30.2 Å². The Labute approximate surface area is 312 Å². The summed E-state index contributed by atoms with van der Waals surface area (Å²) in [6.45, 7) is 26.8. The molecule has 4 heteroatoms. The molecule has 0 nitrogen and oxygen atoms in total. The maximum Gasteiger partial charge on any atom is -0.0247 e. The van der Waals surface area contributed by atoms with E-state index in [1.54, 1.807) is 23.3 Å². The van der Waals surface area contributed by atoms with Gasteiger partial charge in [0.05, 0.1) is 0 Å². The summed E-state index contributed by atoms with van der Waals surface area (Å²) in [6.07, 6.45) is 0. The van der Waals surface area contributed by atoms with E-state index in [9.17, 15) is 0 Å². The van der Waals surface area contributed by atoms with Crippen LogP contribution in [0.2, 0.25) is 13.1 Å². The molecule has 6 rings (SSSR count). The van der Waals surface area contributed by atoms with E-state index in [2.05, 4.69) is 161 Å². The molecular formula is C43H50Cl2SiZr-2. The Morgan fingerprint density at radius 2 is 1.02 bits per heavy atom. The third-order valence-corrected chi connectivity index (χ3v) is 9.39. The Hall–Kier alpha value is -2.22. The molecule has 0 spiro atoms. The fourth-order valence-electron chi connectivity index (χ4n) is 6.15. The standard InChI is InChI=1S/C21H23.C20H21.C2H6Si.2ClH.Zr/c1-13(2)18-11-17-7-6-8-20(21(17)12-18)19-10-9-14(3)15(4)16(19)5;1-12-10-19-14(3)7-9-18(20(19)11-12)17-8-6-13(2)15(4)16(17)5;1-3-2;;;/h6-13H,1-5H3;6-11H,1-5H3;1-2H3;2*1H;/q2*-1;;;;+2/p-2. The van der Waals surface area contributed by atoms with Crippen LogP contribution in [0.4, 0.5) is 0 Å². The van der Waals surface area contributed by atoms with Gasteiger partial charge >= 0.3 is 41.9 Å². The molecule has 6 aromatic rings. The third kappa shape index (κ3) is 9.27. The van der Waals surface area contributed by atoms with Gasteiger partial charge in [0.15, 0.2) is 0 Å². The van der Waals surface area contributed by atoms with Gasteiger partial charge in [0.1, 0.15) is 0 Å². The van der Waals surface area contributed by atoms with Gasteiger partial charge in [-0.25, -0.2) is 0 Å². The molecule has 246 valence electrons. The van der Waals surface area contributed by atoms with Crippen molar-refractivity contribution in [2.45, 2.75) is 88.2 Å². The van der Waals surface area contributed by atoms with Gasteiger partial charge < -0.3 is 24.8 Å². The predicted octanol–water partition coefficient (Wildman–Crippen LogP) is 6.83. The molecule has 0 aliphatic carbocycles. The van der Waals surface area contributed by atoms with Gasteiger partial charge in [0.2, 0.25) is 0 Å². The van der Waals surface area contributed by atoms with E-state index >= 15 is 0 Å². The van der Waals surface area contributed by atoms with Crippen LogP contribution in [0.3, 0.4) is 0 Å². The molecule has 0 atom stereocenters. The second-order valence-electron chi connectivity index (χ2n) is 13.4. The third-order valence-electron chi connectivity index (χ3n) is 9.39. The molecule has 0 saturated carbocycles. The molecule has 0 heterocycles. The molecule has 0 aliphatic rings. The van der Waals surface area contributed by atoms with Gasteiger partial charge in [-0.15, -0.1) is 68.6 Å². The van der Waals surface area contributed by atoms with Crippen molar-refractivity contribution in [3.8, 4) is 22.3 Å². The van der Waals surface area contributed by atoms with Gasteiger partial charge in [0.25, 0.3) is 0 Å². The van der Waals surface area contributed by atoms with Gasteiger partial charge in [-0.2, -0.15) is 12.1 Å². The first-order valence-corrected chi connectivity index (χ1v) is 22.4. The molecule has 6 aromatic carbocycles. The zero-order valence-electron chi connectivity index (χ0n) is 30.3. The van der Waals surface area contributed by atoms with Crippen LogP contribution >= 0.6 is 0 Å². The van der Waals surface area contributed by atoms with Crippen LogP contribution < -0.4 is 24.8 Å². The molecule has 0 amide bonds. The fourth-order valence-corrected chi connectivity index (χ4v) is 6.15. The van der Waals surface area contributed by atoms with E-state index in [1.165, 1.54) is 93.9 Å². The Bertz CT molecular complexity index is 2000. The van der Waals surface area contributed by atoms with Crippen molar-refractivity contribution in [2.75, 3.05) is 0 Å². The monoisotopic (exact) mass is 754 g/mol. The Balaban J connectivity index is 0.000000283. The second-order valence-corrected chi connectivity index (χ2v) is 22.8. The van der Waals surface area contributed by atoms with Crippen molar-refractivity contribution in [3.05, 3.63) is 129 Å². The summed E-state index contributed by atoms with van der Waals surface area (Å²) in [5.41, 5.74) is 18.1. The molecule has 0 radical (unpaired) electrons. The average Bonchev–Trinajstić information content (AvgIpc) is 3.60. The molecule has 0 aliphatic heterocycles. The number of hydrogen-bond acceptors (Lipinski definition) is 0. The number of hydrogen-bond donors (Lipinski definition) is 0. The molecule has 47 heavy (non-hydrogen) atoms. The Morgan fingerprint density at radius 1 is 0.553 bits per heavy atom. The topological polar surface area (TPSA) is 0 Å². The van der Waals surface area contributed by atoms with Crippen LogP contribution in [-0.2, 0) is 23.3 Å². The largest absolute Gasteiger partial charge is 1.00 e. The molecule has 0 fully saturated rings. The second kappa shape index (κ2) is 17.4. The molecular weight excluding hydrogens is 707 g/mol. The smallest absolute Gasteiger partial charge is 0.0247 e. The van der Waals surface area contributed by atoms with E-state index in [1.807, 2.05) is 0 Å². The summed E-state index contributed by atoms with van der Waals surface area (Å²) in [4.78, 5) is 0. The number of halogens is 2. The van der Waals surface area contributed by atoms with E-state index < -0.39 is 0 Å². The van der Waals surface area contributed by atoms with Crippen molar-refractivity contribution in [2.24, 2.45) is 0 Å². The Kier molecular flexibility index (Phi) is 15.2. The minimum atomic E-state index is 0. The fraction of sp³-hybridized carbons (Fsp3) is 0.302. The van der Waals surface area contributed by atoms with Crippen molar-refractivity contribution in [3.63, 3.8) is 0 Å². The minimum absolute atomic E-state index is 0. The van der Waals surface area contributed by atoms with E-state index in [0.717, 1.165) is 0 Å². The van der Waals surface area contributed by atoms with Crippen molar-refractivity contribution in [1.82, 2.24) is 0 Å².